The molecule has 0 saturated carbocycles. The third kappa shape index (κ3) is 2.72. The maximum absolute atomic E-state index is 11.0. The molecular weight excluding hydrogens is 254 g/mol. The summed E-state index contributed by atoms with van der Waals surface area (Å²) in [6.07, 6.45) is 3.96. The molecule has 1 aromatic rings. The number of carbonyl (C=O) groups is 1. The van der Waals surface area contributed by atoms with Gasteiger partial charge in [-0.2, -0.15) is 0 Å². The molecule has 2 fully saturated rings. The number of fused-ring (bicyclic) bond motifs is 2. The first-order chi connectivity index (χ1) is 9.63. The van der Waals surface area contributed by atoms with Crippen LogP contribution in [0.15, 0.2) is 24.3 Å². The van der Waals surface area contributed by atoms with Gasteiger partial charge >= 0.3 is 5.97 Å². The molecule has 0 radical (unpaired) electrons. The Morgan fingerprint density at radius 1 is 1.15 bits per heavy atom. The van der Waals surface area contributed by atoms with Crippen molar-refractivity contribution in [2.24, 2.45) is 0 Å². The summed E-state index contributed by atoms with van der Waals surface area (Å²) in [5.74, 6) is -0.783. The number of hydrogen-bond donors (Lipinski definition) is 2. The number of aliphatic hydroxyl groups excluding tert-OH is 1. The first kappa shape index (κ1) is 13.6. The lowest BCUT2D eigenvalue weighted by molar-refractivity contribution is -0.136. The van der Waals surface area contributed by atoms with Crippen LogP contribution in [-0.4, -0.2) is 39.3 Å². The van der Waals surface area contributed by atoms with Crippen LogP contribution in [0.5, 0.6) is 0 Å². The van der Waals surface area contributed by atoms with Crippen LogP contribution in [0.4, 0.5) is 0 Å². The monoisotopic (exact) mass is 275 g/mol. The summed E-state index contributed by atoms with van der Waals surface area (Å²) < 4.78 is 0. The molecule has 2 heterocycles. The number of piperidine rings is 1. The van der Waals surface area contributed by atoms with Crippen molar-refractivity contribution < 1.29 is 15.0 Å². The van der Waals surface area contributed by atoms with E-state index in [-0.39, 0.29) is 12.5 Å². The lowest BCUT2D eigenvalue weighted by Crippen LogP contribution is -2.44. The SMILES string of the molecule is O=C(O)Cc1ccccc1CN1C2CCC1CC(O)C2. The van der Waals surface area contributed by atoms with Crippen LogP contribution in [0.2, 0.25) is 0 Å². The van der Waals surface area contributed by atoms with E-state index in [1.165, 1.54) is 0 Å². The number of hydrogen-bond acceptors (Lipinski definition) is 3. The van der Waals surface area contributed by atoms with E-state index in [1.54, 1.807) is 0 Å². The zero-order valence-electron chi connectivity index (χ0n) is 11.5. The molecule has 2 unspecified atom stereocenters. The van der Waals surface area contributed by atoms with Crippen LogP contribution in [0.1, 0.15) is 36.8 Å². The lowest BCUT2D eigenvalue weighted by Gasteiger charge is -2.37. The number of carboxylic acids is 1. The molecule has 2 aliphatic rings. The van der Waals surface area contributed by atoms with Gasteiger partial charge in [0, 0.05) is 18.6 Å². The molecule has 4 heteroatoms. The Morgan fingerprint density at radius 2 is 1.75 bits per heavy atom. The van der Waals surface area contributed by atoms with E-state index in [4.69, 9.17) is 5.11 Å². The molecule has 108 valence electrons. The molecule has 2 bridgehead atoms. The van der Waals surface area contributed by atoms with Gasteiger partial charge in [0.25, 0.3) is 0 Å². The van der Waals surface area contributed by atoms with Crippen molar-refractivity contribution >= 4 is 5.97 Å². The second-order valence-electron chi connectivity index (χ2n) is 6.02. The Labute approximate surface area is 119 Å². The molecule has 1 aromatic carbocycles. The Balaban J connectivity index is 1.77. The summed E-state index contributed by atoms with van der Waals surface area (Å²) in [6, 6.07) is 8.73. The smallest absolute Gasteiger partial charge is 0.307 e. The van der Waals surface area contributed by atoms with Crippen molar-refractivity contribution in [3.63, 3.8) is 0 Å². The average Bonchev–Trinajstić information content (AvgIpc) is 2.64. The van der Waals surface area contributed by atoms with Gasteiger partial charge in [0.2, 0.25) is 0 Å². The largest absolute Gasteiger partial charge is 0.481 e. The van der Waals surface area contributed by atoms with Crippen molar-refractivity contribution in [3.8, 4) is 0 Å². The Morgan fingerprint density at radius 3 is 2.35 bits per heavy atom. The zero-order valence-corrected chi connectivity index (χ0v) is 11.5. The maximum Gasteiger partial charge on any atom is 0.307 e. The summed E-state index contributed by atoms with van der Waals surface area (Å²) in [7, 11) is 0. The maximum atomic E-state index is 11.0. The molecule has 0 spiro atoms. The Kier molecular flexibility index (Phi) is 3.76. The third-order valence-corrected chi connectivity index (χ3v) is 4.67. The van der Waals surface area contributed by atoms with Crippen LogP contribution in [0.3, 0.4) is 0 Å². The Hall–Kier alpha value is -1.39. The number of rotatable bonds is 4. The third-order valence-electron chi connectivity index (χ3n) is 4.67. The van der Waals surface area contributed by atoms with Crippen LogP contribution >= 0.6 is 0 Å². The predicted molar refractivity (Wildman–Crippen MR) is 75.4 cm³/mol. The number of aliphatic hydroxyl groups is 1. The Bertz CT molecular complexity index is 488. The van der Waals surface area contributed by atoms with Gasteiger partial charge in [-0.1, -0.05) is 24.3 Å². The molecular formula is C16H21NO3. The number of aliphatic carboxylic acids is 1. The number of carboxylic acid groups (broad SMARTS) is 1. The first-order valence-electron chi connectivity index (χ1n) is 7.36. The molecule has 2 saturated heterocycles. The van der Waals surface area contributed by atoms with Crippen molar-refractivity contribution in [2.75, 3.05) is 0 Å². The summed E-state index contributed by atoms with van der Waals surface area (Å²) >= 11 is 0. The molecule has 2 N–H and O–H groups in total. The van der Waals surface area contributed by atoms with Gasteiger partial charge in [-0.05, 0) is 36.8 Å². The fraction of sp³-hybridized carbons (Fsp3) is 0.562. The zero-order chi connectivity index (χ0) is 14.1. The van der Waals surface area contributed by atoms with E-state index in [2.05, 4.69) is 4.90 Å². The number of nitrogens with zero attached hydrogens (tertiary/aromatic N) is 1. The predicted octanol–water partition coefficient (Wildman–Crippen LogP) is 1.80. The standard InChI is InChI=1S/C16H21NO3/c18-15-8-13-5-6-14(9-15)17(13)10-12-4-2-1-3-11(12)7-16(19)20/h1-4,13-15,18H,5-10H2,(H,19,20). The van der Waals surface area contributed by atoms with E-state index in [9.17, 15) is 9.90 Å². The van der Waals surface area contributed by atoms with Crippen LogP contribution in [-0.2, 0) is 17.8 Å². The van der Waals surface area contributed by atoms with Crippen molar-refractivity contribution in [1.29, 1.82) is 0 Å². The molecule has 2 aliphatic heterocycles. The molecule has 20 heavy (non-hydrogen) atoms. The van der Waals surface area contributed by atoms with Gasteiger partial charge in [-0.3, -0.25) is 9.69 Å². The summed E-state index contributed by atoms with van der Waals surface area (Å²) in [6.45, 7) is 0.811. The second kappa shape index (κ2) is 5.54. The number of benzene rings is 1. The average molecular weight is 275 g/mol. The summed E-state index contributed by atoms with van der Waals surface area (Å²) in [4.78, 5) is 13.4. The highest BCUT2D eigenvalue weighted by Crippen LogP contribution is 2.37. The van der Waals surface area contributed by atoms with E-state index < -0.39 is 5.97 Å². The summed E-state index contributed by atoms with van der Waals surface area (Å²) in [5, 5.41) is 18.8. The normalized spacial score (nSPS) is 29.6. The van der Waals surface area contributed by atoms with Gasteiger partial charge < -0.3 is 10.2 Å². The molecule has 3 rings (SSSR count). The molecule has 0 aliphatic carbocycles. The molecule has 2 atom stereocenters. The van der Waals surface area contributed by atoms with Gasteiger partial charge in [-0.25, -0.2) is 0 Å². The van der Waals surface area contributed by atoms with Crippen molar-refractivity contribution in [3.05, 3.63) is 35.4 Å². The van der Waals surface area contributed by atoms with Gasteiger partial charge in [0.1, 0.15) is 0 Å². The van der Waals surface area contributed by atoms with Gasteiger partial charge in [0.05, 0.1) is 12.5 Å². The first-order valence-corrected chi connectivity index (χ1v) is 7.36. The summed E-state index contributed by atoms with van der Waals surface area (Å²) in [5.41, 5.74) is 2.02. The van der Waals surface area contributed by atoms with E-state index in [0.29, 0.717) is 12.1 Å². The van der Waals surface area contributed by atoms with Crippen molar-refractivity contribution in [2.45, 2.75) is 56.8 Å². The highest BCUT2D eigenvalue weighted by Gasteiger charge is 2.40. The van der Waals surface area contributed by atoms with Crippen LogP contribution < -0.4 is 0 Å². The highest BCUT2D eigenvalue weighted by atomic mass is 16.4. The van der Waals surface area contributed by atoms with Crippen LogP contribution in [0.25, 0.3) is 0 Å². The minimum Gasteiger partial charge on any atom is -0.481 e. The quantitative estimate of drug-likeness (QED) is 0.879. The highest BCUT2D eigenvalue weighted by molar-refractivity contribution is 5.70. The second-order valence-corrected chi connectivity index (χ2v) is 6.02. The minimum absolute atomic E-state index is 0.0853. The van der Waals surface area contributed by atoms with E-state index >= 15 is 0 Å². The minimum atomic E-state index is -0.783. The molecule has 0 aromatic heterocycles. The fourth-order valence-corrected chi connectivity index (χ4v) is 3.75. The lowest BCUT2D eigenvalue weighted by atomic mass is 9.97. The van der Waals surface area contributed by atoms with Gasteiger partial charge in [0.15, 0.2) is 0 Å². The van der Waals surface area contributed by atoms with Crippen LogP contribution in [0, 0.1) is 0 Å². The van der Waals surface area contributed by atoms with E-state index in [0.717, 1.165) is 43.4 Å². The molecule has 4 nitrogen and oxygen atoms in total. The van der Waals surface area contributed by atoms with E-state index in [1.807, 2.05) is 24.3 Å². The fourth-order valence-electron chi connectivity index (χ4n) is 3.75. The molecule has 0 amide bonds. The van der Waals surface area contributed by atoms with Crippen molar-refractivity contribution in [1.82, 2.24) is 4.90 Å². The topological polar surface area (TPSA) is 60.8 Å². The van der Waals surface area contributed by atoms with Gasteiger partial charge in [-0.15, -0.1) is 0 Å².